The summed E-state index contributed by atoms with van der Waals surface area (Å²) in [5.74, 6) is -0.902. The van der Waals surface area contributed by atoms with Crippen molar-refractivity contribution in [2.45, 2.75) is 25.7 Å². The Morgan fingerprint density at radius 3 is 2.75 bits per heavy atom. The predicted octanol–water partition coefficient (Wildman–Crippen LogP) is 1.83. The summed E-state index contributed by atoms with van der Waals surface area (Å²) in [4.78, 5) is 10.00. The van der Waals surface area contributed by atoms with Gasteiger partial charge in [0.05, 0.1) is 0 Å². The van der Waals surface area contributed by atoms with Crippen LogP contribution in [0.3, 0.4) is 0 Å². The number of hydrogen-bond donors (Lipinski definition) is 1. The van der Waals surface area contributed by atoms with Gasteiger partial charge in [-0.05, 0) is 19.3 Å². The standard InChI is InChI=1S/C9H16O3/c1-2-3-4-5-6-7-12-8-9(10)11/h2H,1,3-8H2,(H,10,11). The van der Waals surface area contributed by atoms with E-state index in [0.717, 1.165) is 25.7 Å². The van der Waals surface area contributed by atoms with E-state index in [0.29, 0.717) is 6.61 Å². The Morgan fingerprint density at radius 1 is 1.42 bits per heavy atom. The van der Waals surface area contributed by atoms with Gasteiger partial charge in [-0.15, -0.1) is 6.58 Å². The van der Waals surface area contributed by atoms with E-state index in [4.69, 9.17) is 9.84 Å². The maximum Gasteiger partial charge on any atom is 0.329 e. The molecule has 0 saturated heterocycles. The summed E-state index contributed by atoms with van der Waals surface area (Å²) in [7, 11) is 0. The molecule has 3 nitrogen and oxygen atoms in total. The molecule has 0 unspecified atom stereocenters. The molecule has 0 spiro atoms. The molecule has 0 heterocycles. The molecule has 0 bridgehead atoms. The molecule has 0 saturated carbocycles. The lowest BCUT2D eigenvalue weighted by atomic mass is 10.2. The first-order valence-corrected chi connectivity index (χ1v) is 4.18. The highest BCUT2D eigenvalue weighted by Gasteiger charge is 1.94. The van der Waals surface area contributed by atoms with Crippen molar-refractivity contribution in [2.24, 2.45) is 0 Å². The molecular formula is C9H16O3. The third-order valence-electron chi connectivity index (χ3n) is 1.42. The molecule has 70 valence electrons. The van der Waals surface area contributed by atoms with Crippen LogP contribution in [0.2, 0.25) is 0 Å². The maximum absolute atomic E-state index is 10.00. The SMILES string of the molecule is C=CCCCCCOCC(=O)O. The van der Waals surface area contributed by atoms with Crippen molar-refractivity contribution < 1.29 is 14.6 Å². The molecule has 0 aromatic carbocycles. The van der Waals surface area contributed by atoms with Crippen LogP contribution >= 0.6 is 0 Å². The second-order valence-corrected chi connectivity index (χ2v) is 2.58. The third-order valence-corrected chi connectivity index (χ3v) is 1.42. The highest BCUT2D eigenvalue weighted by Crippen LogP contribution is 1.99. The highest BCUT2D eigenvalue weighted by atomic mass is 16.5. The van der Waals surface area contributed by atoms with E-state index in [2.05, 4.69) is 6.58 Å². The predicted molar refractivity (Wildman–Crippen MR) is 47.1 cm³/mol. The van der Waals surface area contributed by atoms with Gasteiger partial charge in [0, 0.05) is 6.61 Å². The number of hydrogen-bond acceptors (Lipinski definition) is 2. The fraction of sp³-hybridized carbons (Fsp3) is 0.667. The normalized spacial score (nSPS) is 9.67. The highest BCUT2D eigenvalue weighted by molar-refractivity contribution is 5.67. The van der Waals surface area contributed by atoms with Crippen LogP contribution in [0.25, 0.3) is 0 Å². The van der Waals surface area contributed by atoms with Crippen molar-refractivity contribution in [1.82, 2.24) is 0 Å². The van der Waals surface area contributed by atoms with E-state index < -0.39 is 5.97 Å². The summed E-state index contributed by atoms with van der Waals surface area (Å²) in [6, 6.07) is 0. The van der Waals surface area contributed by atoms with Gasteiger partial charge in [-0.25, -0.2) is 4.79 Å². The molecule has 0 aromatic rings. The molecule has 0 radical (unpaired) electrons. The van der Waals surface area contributed by atoms with Crippen LogP contribution in [0.5, 0.6) is 0 Å². The van der Waals surface area contributed by atoms with Gasteiger partial charge >= 0.3 is 5.97 Å². The van der Waals surface area contributed by atoms with E-state index in [1.165, 1.54) is 0 Å². The molecule has 1 N–H and O–H groups in total. The van der Waals surface area contributed by atoms with E-state index >= 15 is 0 Å². The van der Waals surface area contributed by atoms with Crippen molar-refractivity contribution in [3.05, 3.63) is 12.7 Å². The Bertz CT molecular complexity index is 132. The second kappa shape index (κ2) is 8.27. The van der Waals surface area contributed by atoms with Crippen LogP contribution in [0.15, 0.2) is 12.7 Å². The topological polar surface area (TPSA) is 46.5 Å². The minimum Gasteiger partial charge on any atom is -0.480 e. The molecule has 0 fully saturated rings. The number of allylic oxidation sites excluding steroid dienone is 1. The van der Waals surface area contributed by atoms with E-state index in [1.54, 1.807) is 0 Å². The van der Waals surface area contributed by atoms with Crippen molar-refractivity contribution in [3.8, 4) is 0 Å². The fourth-order valence-corrected chi connectivity index (χ4v) is 0.829. The number of aliphatic carboxylic acids is 1. The first-order chi connectivity index (χ1) is 5.77. The van der Waals surface area contributed by atoms with Crippen molar-refractivity contribution in [1.29, 1.82) is 0 Å². The van der Waals surface area contributed by atoms with Crippen LogP contribution in [0, 0.1) is 0 Å². The third kappa shape index (κ3) is 9.17. The van der Waals surface area contributed by atoms with E-state index in [9.17, 15) is 4.79 Å². The summed E-state index contributed by atoms with van der Waals surface area (Å²) in [6.45, 7) is 3.97. The van der Waals surface area contributed by atoms with Gasteiger partial charge in [-0.1, -0.05) is 12.5 Å². The summed E-state index contributed by atoms with van der Waals surface area (Å²) >= 11 is 0. The number of carbonyl (C=O) groups is 1. The molecule has 0 rings (SSSR count). The number of ether oxygens (including phenoxy) is 1. The minimum absolute atomic E-state index is 0.179. The Kier molecular flexibility index (Phi) is 7.70. The zero-order valence-corrected chi connectivity index (χ0v) is 7.29. The van der Waals surface area contributed by atoms with Gasteiger partial charge in [0.2, 0.25) is 0 Å². The average Bonchev–Trinajstić information content (AvgIpc) is 2.02. The molecule has 0 aliphatic carbocycles. The van der Waals surface area contributed by atoms with Gasteiger partial charge < -0.3 is 9.84 Å². The molecule has 0 aliphatic heterocycles. The van der Waals surface area contributed by atoms with Crippen molar-refractivity contribution in [3.63, 3.8) is 0 Å². The van der Waals surface area contributed by atoms with Crippen LogP contribution < -0.4 is 0 Å². The van der Waals surface area contributed by atoms with Gasteiger partial charge in [-0.3, -0.25) is 0 Å². The number of carboxylic acids is 1. The quantitative estimate of drug-likeness (QED) is 0.449. The zero-order chi connectivity index (χ0) is 9.23. The minimum atomic E-state index is -0.902. The lowest BCUT2D eigenvalue weighted by Crippen LogP contribution is -2.07. The van der Waals surface area contributed by atoms with Gasteiger partial charge in [0.15, 0.2) is 0 Å². The Labute approximate surface area is 73.0 Å². The molecular weight excluding hydrogens is 156 g/mol. The second-order valence-electron chi connectivity index (χ2n) is 2.58. The van der Waals surface area contributed by atoms with Gasteiger partial charge in [0.25, 0.3) is 0 Å². The van der Waals surface area contributed by atoms with Gasteiger partial charge in [0.1, 0.15) is 6.61 Å². The molecule has 0 atom stereocenters. The van der Waals surface area contributed by atoms with Crippen molar-refractivity contribution in [2.75, 3.05) is 13.2 Å². The van der Waals surface area contributed by atoms with Crippen LogP contribution in [0.1, 0.15) is 25.7 Å². The fourth-order valence-electron chi connectivity index (χ4n) is 0.829. The lowest BCUT2D eigenvalue weighted by molar-refractivity contribution is -0.142. The van der Waals surface area contributed by atoms with Crippen LogP contribution in [-0.2, 0) is 9.53 Å². The Morgan fingerprint density at radius 2 is 2.17 bits per heavy atom. The summed E-state index contributed by atoms with van der Waals surface area (Å²) in [6.07, 6.45) is 6.03. The number of carboxylic acid groups (broad SMARTS) is 1. The Balaban J connectivity index is 2.90. The lowest BCUT2D eigenvalue weighted by Gasteiger charge is -1.99. The van der Waals surface area contributed by atoms with E-state index in [1.807, 2.05) is 6.08 Å². The summed E-state index contributed by atoms with van der Waals surface area (Å²) in [5, 5.41) is 8.22. The summed E-state index contributed by atoms with van der Waals surface area (Å²) in [5.41, 5.74) is 0. The monoisotopic (exact) mass is 172 g/mol. The molecule has 0 amide bonds. The molecule has 0 aliphatic rings. The van der Waals surface area contributed by atoms with Crippen LogP contribution in [-0.4, -0.2) is 24.3 Å². The first-order valence-electron chi connectivity index (χ1n) is 4.18. The summed E-state index contributed by atoms with van der Waals surface area (Å²) < 4.78 is 4.85. The zero-order valence-electron chi connectivity index (χ0n) is 7.29. The number of rotatable bonds is 8. The average molecular weight is 172 g/mol. The van der Waals surface area contributed by atoms with E-state index in [-0.39, 0.29) is 6.61 Å². The Hall–Kier alpha value is -0.830. The molecule has 3 heteroatoms. The smallest absolute Gasteiger partial charge is 0.329 e. The molecule has 12 heavy (non-hydrogen) atoms. The van der Waals surface area contributed by atoms with Crippen LogP contribution in [0.4, 0.5) is 0 Å². The largest absolute Gasteiger partial charge is 0.480 e. The maximum atomic E-state index is 10.00. The number of unbranched alkanes of at least 4 members (excludes halogenated alkanes) is 3. The van der Waals surface area contributed by atoms with Crippen molar-refractivity contribution >= 4 is 5.97 Å². The molecule has 0 aromatic heterocycles. The first kappa shape index (κ1) is 11.2. The van der Waals surface area contributed by atoms with Gasteiger partial charge in [-0.2, -0.15) is 0 Å².